The van der Waals surface area contributed by atoms with E-state index < -0.39 is 0 Å². The smallest absolute Gasteiger partial charge is 0.0951 e. The van der Waals surface area contributed by atoms with E-state index in [-0.39, 0.29) is 12.7 Å². The van der Waals surface area contributed by atoms with Crippen LogP contribution in [0.3, 0.4) is 0 Å². The number of pyridine rings is 1. The molecule has 3 rings (SSSR count). The number of nitrogens with two attached hydrogens (primary N) is 1. The van der Waals surface area contributed by atoms with Crippen molar-refractivity contribution in [2.24, 2.45) is 0 Å². The number of ether oxygens (including phenoxy) is 1. The van der Waals surface area contributed by atoms with E-state index in [1.54, 1.807) is 6.20 Å². The molecule has 0 unspecified atom stereocenters. The fourth-order valence-corrected chi connectivity index (χ4v) is 2.94. The molecule has 5 nitrogen and oxygen atoms in total. The lowest BCUT2D eigenvalue weighted by Crippen LogP contribution is -2.37. The van der Waals surface area contributed by atoms with E-state index in [0.29, 0.717) is 6.61 Å². The lowest BCUT2D eigenvalue weighted by Gasteiger charge is -2.34. The normalized spacial score (nSPS) is 16.5. The minimum absolute atomic E-state index is 0.0917. The van der Waals surface area contributed by atoms with E-state index >= 15 is 0 Å². The van der Waals surface area contributed by atoms with E-state index in [1.807, 2.05) is 12.1 Å². The monoisotopic (exact) mass is 287 g/mol. The largest absolute Gasteiger partial charge is 0.397 e. The van der Waals surface area contributed by atoms with Gasteiger partial charge in [0.2, 0.25) is 0 Å². The van der Waals surface area contributed by atoms with Crippen LogP contribution in [0.1, 0.15) is 12.8 Å². The zero-order valence-corrected chi connectivity index (χ0v) is 12.0. The molecule has 21 heavy (non-hydrogen) atoms. The number of nitrogen functional groups attached to an aromatic ring is 1. The van der Waals surface area contributed by atoms with Gasteiger partial charge in [0.25, 0.3) is 0 Å². The molecule has 3 N–H and O–H groups in total. The number of rotatable bonds is 4. The van der Waals surface area contributed by atoms with E-state index in [4.69, 9.17) is 15.6 Å². The quantitative estimate of drug-likeness (QED) is 0.839. The predicted octanol–water partition coefficient (Wildman–Crippen LogP) is 1.79. The van der Waals surface area contributed by atoms with Crippen molar-refractivity contribution in [3.8, 4) is 0 Å². The third-order valence-corrected chi connectivity index (χ3v) is 4.01. The fraction of sp³-hybridized carbons (Fsp3) is 0.438. The van der Waals surface area contributed by atoms with Crippen molar-refractivity contribution in [3.05, 3.63) is 30.5 Å². The van der Waals surface area contributed by atoms with Crippen LogP contribution in [0.2, 0.25) is 0 Å². The zero-order chi connectivity index (χ0) is 14.7. The topological polar surface area (TPSA) is 71.6 Å². The molecule has 0 amide bonds. The number of nitrogens with zero attached hydrogens (tertiary/aromatic N) is 2. The number of fused-ring (bicyclic) bond motifs is 1. The maximum Gasteiger partial charge on any atom is 0.0951 e. The predicted molar refractivity (Wildman–Crippen MR) is 84.4 cm³/mol. The molecule has 1 aliphatic heterocycles. The Morgan fingerprint density at radius 2 is 2.10 bits per heavy atom. The van der Waals surface area contributed by atoms with Crippen LogP contribution < -0.4 is 10.6 Å². The Balaban J connectivity index is 1.78. The molecule has 0 spiro atoms. The van der Waals surface area contributed by atoms with Gasteiger partial charge < -0.3 is 20.5 Å². The molecule has 0 aliphatic carbocycles. The number of hydrogen-bond donors (Lipinski definition) is 2. The average Bonchev–Trinajstić information content (AvgIpc) is 2.54. The summed E-state index contributed by atoms with van der Waals surface area (Å²) in [6.45, 7) is 2.42. The minimum Gasteiger partial charge on any atom is -0.397 e. The summed E-state index contributed by atoms with van der Waals surface area (Å²) in [5, 5.41) is 9.92. The summed E-state index contributed by atoms with van der Waals surface area (Å²) in [5.74, 6) is 0. The lowest BCUT2D eigenvalue weighted by molar-refractivity contribution is 0.0159. The average molecular weight is 287 g/mol. The SMILES string of the molecule is Nc1ccc(N2CCC(OCCO)CC2)c2cccnc12. The Bertz CT molecular complexity index is 609. The summed E-state index contributed by atoms with van der Waals surface area (Å²) >= 11 is 0. The van der Waals surface area contributed by atoms with Crippen molar-refractivity contribution >= 4 is 22.3 Å². The summed E-state index contributed by atoms with van der Waals surface area (Å²) in [7, 11) is 0. The molecule has 1 aliphatic rings. The first-order valence-corrected chi connectivity index (χ1v) is 7.40. The van der Waals surface area contributed by atoms with Crippen LogP contribution in [0.15, 0.2) is 30.5 Å². The molecule has 112 valence electrons. The summed E-state index contributed by atoms with van der Waals surface area (Å²) in [4.78, 5) is 6.75. The summed E-state index contributed by atoms with van der Waals surface area (Å²) in [6, 6.07) is 8.03. The molecule has 0 bridgehead atoms. The van der Waals surface area contributed by atoms with Crippen molar-refractivity contribution in [2.75, 3.05) is 36.9 Å². The Labute approximate surface area is 124 Å². The molecule has 5 heteroatoms. The first-order chi connectivity index (χ1) is 10.3. The van der Waals surface area contributed by atoms with E-state index in [1.165, 1.54) is 5.69 Å². The second-order valence-electron chi connectivity index (χ2n) is 5.35. The van der Waals surface area contributed by atoms with Gasteiger partial charge >= 0.3 is 0 Å². The fourth-order valence-electron chi connectivity index (χ4n) is 2.94. The van der Waals surface area contributed by atoms with Crippen LogP contribution in [0.25, 0.3) is 10.9 Å². The summed E-state index contributed by atoms with van der Waals surface area (Å²) < 4.78 is 5.61. The van der Waals surface area contributed by atoms with Gasteiger partial charge in [-0.05, 0) is 37.1 Å². The Hall–Kier alpha value is -1.85. The van der Waals surface area contributed by atoms with Gasteiger partial charge in [0.15, 0.2) is 0 Å². The number of aliphatic hydroxyl groups is 1. The van der Waals surface area contributed by atoms with Gasteiger partial charge in [-0.1, -0.05) is 0 Å². The zero-order valence-electron chi connectivity index (χ0n) is 12.0. The molecule has 2 heterocycles. The maximum atomic E-state index is 8.82. The van der Waals surface area contributed by atoms with Crippen molar-refractivity contribution in [1.82, 2.24) is 4.98 Å². The Morgan fingerprint density at radius 3 is 2.86 bits per heavy atom. The first-order valence-electron chi connectivity index (χ1n) is 7.40. The van der Waals surface area contributed by atoms with Crippen molar-refractivity contribution < 1.29 is 9.84 Å². The van der Waals surface area contributed by atoms with Gasteiger partial charge in [0, 0.05) is 30.4 Å². The highest BCUT2D eigenvalue weighted by atomic mass is 16.5. The van der Waals surface area contributed by atoms with Crippen molar-refractivity contribution in [1.29, 1.82) is 0 Å². The van der Waals surface area contributed by atoms with Crippen LogP contribution in [0, 0.1) is 0 Å². The van der Waals surface area contributed by atoms with Crippen molar-refractivity contribution in [2.45, 2.75) is 18.9 Å². The second kappa shape index (κ2) is 6.28. The highest BCUT2D eigenvalue weighted by Crippen LogP contribution is 2.31. The summed E-state index contributed by atoms with van der Waals surface area (Å²) in [5.41, 5.74) is 8.78. The van der Waals surface area contributed by atoms with Crippen LogP contribution in [-0.2, 0) is 4.74 Å². The summed E-state index contributed by atoms with van der Waals surface area (Å²) in [6.07, 6.45) is 3.99. The van der Waals surface area contributed by atoms with Gasteiger partial charge in [-0.3, -0.25) is 4.98 Å². The molecule has 0 atom stereocenters. The molecule has 0 saturated carbocycles. The van der Waals surface area contributed by atoms with Gasteiger partial charge in [0.1, 0.15) is 0 Å². The number of benzene rings is 1. The highest BCUT2D eigenvalue weighted by molar-refractivity contribution is 5.98. The second-order valence-corrected chi connectivity index (χ2v) is 5.35. The van der Waals surface area contributed by atoms with E-state index in [0.717, 1.165) is 42.5 Å². The molecule has 1 saturated heterocycles. The van der Waals surface area contributed by atoms with Crippen LogP contribution in [0.5, 0.6) is 0 Å². The van der Waals surface area contributed by atoms with E-state index in [9.17, 15) is 0 Å². The Morgan fingerprint density at radius 1 is 1.29 bits per heavy atom. The number of anilines is 2. The van der Waals surface area contributed by atoms with Crippen LogP contribution >= 0.6 is 0 Å². The van der Waals surface area contributed by atoms with Crippen molar-refractivity contribution in [3.63, 3.8) is 0 Å². The Kier molecular flexibility index (Phi) is 4.22. The number of piperidine rings is 1. The van der Waals surface area contributed by atoms with Gasteiger partial charge in [-0.25, -0.2) is 0 Å². The standard InChI is InChI=1S/C16H21N3O2/c17-14-3-4-15(13-2-1-7-18-16(13)14)19-8-5-12(6-9-19)21-11-10-20/h1-4,7,12,20H,5-6,8-11,17H2. The third-order valence-electron chi connectivity index (χ3n) is 4.01. The lowest BCUT2D eigenvalue weighted by atomic mass is 10.0. The first kappa shape index (κ1) is 14.1. The molecule has 2 aromatic rings. The molecule has 1 fully saturated rings. The molecule has 1 aromatic heterocycles. The molecule has 1 aromatic carbocycles. The van der Waals surface area contributed by atoms with Gasteiger partial charge in [0.05, 0.1) is 30.5 Å². The highest BCUT2D eigenvalue weighted by Gasteiger charge is 2.21. The molecular weight excluding hydrogens is 266 g/mol. The number of aliphatic hydroxyl groups excluding tert-OH is 1. The molecular formula is C16H21N3O2. The number of aromatic nitrogens is 1. The van der Waals surface area contributed by atoms with Gasteiger partial charge in [-0.15, -0.1) is 0 Å². The minimum atomic E-state index is 0.0917. The maximum absolute atomic E-state index is 8.82. The molecule has 0 radical (unpaired) electrons. The van der Waals surface area contributed by atoms with Crippen LogP contribution in [0.4, 0.5) is 11.4 Å². The van der Waals surface area contributed by atoms with E-state index in [2.05, 4.69) is 22.0 Å². The van der Waals surface area contributed by atoms with Gasteiger partial charge in [-0.2, -0.15) is 0 Å². The number of hydrogen-bond acceptors (Lipinski definition) is 5. The third kappa shape index (κ3) is 2.94. The van der Waals surface area contributed by atoms with Crippen LogP contribution in [-0.4, -0.2) is 42.5 Å².